The van der Waals surface area contributed by atoms with Crippen LogP contribution in [0.1, 0.15) is 18.0 Å². The Labute approximate surface area is 137 Å². The molecule has 23 heavy (non-hydrogen) atoms. The van der Waals surface area contributed by atoms with Gasteiger partial charge in [0, 0.05) is 17.3 Å². The van der Waals surface area contributed by atoms with Gasteiger partial charge in [0.1, 0.15) is 6.54 Å². The Bertz CT molecular complexity index is 772. The highest BCUT2D eigenvalue weighted by Crippen LogP contribution is 2.25. The number of rotatable bonds is 6. The summed E-state index contributed by atoms with van der Waals surface area (Å²) in [5, 5.41) is 12.0. The van der Waals surface area contributed by atoms with Crippen LogP contribution in [0.15, 0.2) is 53.5 Å². The van der Waals surface area contributed by atoms with Crippen molar-refractivity contribution < 1.29 is 14.7 Å². The van der Waals surface area contributed by atoms with E-state index in [4.69, 9.17) is 16.7 Å². The number of carbonyl (C=O) groups is 2. The van der Waals surface area contributed by atoms with Crippen LogP contribution in [0.25, 0.3) is 0 Å². The van der Waals surface area contributed by atoms with Gasteiger partial charge in [0.05, 0.1) is 12.5 Å². The molecule has 7 heteroatoms. The Balaban J connectivity index is 2.16. The van der Waals surface area contributed by atoms with E-state index in [1.165, 1.54) is 16.8 Å². The molecule has 1 aromatic carbocycles. The van der Waals surface area contributed by atoms with Gasteiger partial charge in [0.15, 0.2) is 0 Å². The molecule has 1 heterocycles. The zero-order valence-corrected chi connectivity index (χ0v) is 12.9. The van der Waals surface area contributed by atoms with Crippen LogP contribution in [0.4, 0.5) is 0 Å². The number of amides is 1. The van der Waals surface area contributed by atoms with Crippen LogP contribution < -0.4 is 10.9 Å². The van der Waals surface area contributed by atoms with Gasteiger partial charge in [-0.1, -0.05) is 35.9 Å². The van der Waals surface area contributed by atoms with Crippen molar-refractivity contribution >= 4 is 23.5 Å². The Morgan fingerprint density at radius 3 is 2.52 bits per heavy atom. The monoisotopic (exact) mass is 334 g/mol. The molecule has 0 aliphatic heterocycles. The summed E-state index contributed by atoms with van der Waals surface area (Å²) in [6.07, 6.45) is 1.18. The summed E-state index contributed by atoms with van der Waals surface area (Å²) in [7, 11) is 0. The lowest BCUT2D eigenvalue weighted by atomic mass is 10.0. The summed E-state index contributed by atoms with van der Waals surface area (Å²) in [6, 6.07) is 10.5. The van der Waals surface area contributed by atoms with Crippen molar-refractivity contribution in [3.63, 3.8) is 0 Å². The molecule has 1 aromatic heterocycles. The Hall–Kier alpha value is -2.60. The summed E-state index contributed by atoms with van der Waals surface area (Å²) in [6.45, 7) is -0.194. The van der Waals surface area contributed by atoms with Gasteiger partial charge in [-0.3, -0.25) is 14.4 Å². The molecule has 0 bridgehead atoms. The molecule has 0 saturated carbocycles. The average molecular weight is 335 g/mol. The van der Waals surface area contributed by atoms with Crippen LogP contribution in [0, 0.1) is 0 Å². The number of carboxylic acids is 1. The van der Waals surface area contributed by atoms with Crippen molar-refractivity contribution in [2.24, 2.45) is 0 Å². The number of nitrogens with one attached hydrogen (secondary N) is 1. The van der Waals surface area contributed by atoms with Crippen LogP contribution in [-0.2, 0) is 16.1 Å². The molecule has 6 nitrogen and oxygen atoms in total. The molecule has 2 aromatic rings. The second-order valence-electron chi connectivity index (χ2n) is 4.91. The molecule has 0 radical (unpaired) electrons. The standard InChI is InChI=1S/C16H15ClN2O4/c17-12-6-2-1-5-11(12)13(9-16(22)23)18-14(20)10-19-8-4-3-7-15(19)21/h1-8,13H,9-10H2,(H,18,20)(H,22,23). The Morgan fingerprint density at radius 1 is 1.17 bits per heavy atom. The van der Waals surface area contributed by atoms with E-state index in [0.29, 0.717) is 10.6 Å². The van der Waals surface area contributed by atoms with E-state index in [9.17, 15) is 14.4 Å². The second kappa shape index (κ2) is 7.60. The number of aliphatic carboxylic acids is 1. The zero-order valence-electron chi connectivity index (χ0n) is 12.1. The molecule has 120 valence electrons. The van der Waals surface area contributed by atoms with Crippen molar-refractivity contribution in [1.82, 2.24) is 9.88 Å². The van der Waals surface area contributed by atoms with E-state index in [1.54, 1.807) is 36.4 Å². The quantitative estimate of drug-likeness (QED) is 0.843. The normalized spacial score (nSPS) is 11.7. The summed E-state index contributed by atoms with van der Waals surface area (Å²) in [4.78, 5) is 34.8. The molecular formula is C16H15ClN2O4. The number of pyridine rings is 1. The number of carbonyl (C=O) groups excluding carboxylic acids is 1. The van der Waals surface area contributed by atoms with Gasteiger partial charge in [-0.2, -0.15) is 0 Å². The lowest BCUT2D eigenvalue weighted by Crippen LogP contribution is -2.35. The van der Waals surface area contributed by atoms with Crippen LogP contribution in [0.2, 0.25) is 5.02 Å². The van der Waals surface area contributed by atoms with Gasteiger partial charge in [0.25, 0.3) is 5.56 Å². The molecule has 0 aliphatic carbocycles. The molecule has 0 spiro atoms. The lowest BCUT2D eigenvalue weighted by molar-refractivity contribution is -0.137. The highest BCUT2D eigenvalue weighted by molar-refractivity contribution is 6.31. The zero-order chi connectivity index (χ0) is 16.8. The lowest BCUT2D eigenvalue weighted by Gasteiger charge is -2.19. The summed E-state index contributed by atoms with van der Waals surface area (Å²) in [5.74, 6) is -1.53. The van der Waals surface area contributed by atoms with Gasteiger partial charge >= 0.3 is 5.97 Å². The first-order chi connectivity index (χ1) is 11.0. The molecule has 1 unspecified atom stereocenters. The van der Waals surface area contributed by atoms with Crippen LogP contribution in [0.3, 0.4) is 0 Å². The molecule has 0 aliphatic rings. The van der Waals surface area contributed by atoms with Gasteiger partial charge in [-0.15, -0.1) is 0 Å². The number of carboxylic acid groups (broad SMARTS) is 1. The minimum absolute atomic E-state index is 0.194. The number of hydrogen-bond donors (Lipinski definition) is 2. The topological polar surface area (TPSA) is 88.4 Å². The van der Waals surface area contributed by atoms with Crippen LogP contribution in [0.5, 0.6) is 0 Å². The van der Waals surface area contributed by atoms with Crippen molar-refractivity contribution in [2.45, 2.75) is 19.0 Å². The maximum Gasteiger partial charge on any atom is 0.305 e. The predicted octanol–water partition coefficient (Wildman–Crippen LogP) is 1.83. The molecule has 1 atom stereocenters. The number of aromatic nitrogens is 1. The van der Waals surface area contributed by atoms with E-state index in [0.717, 1.165) is 0 Å². The maximum atomic E-state index is 12.1. The van der Waals surface area contributed by atoms with E-state index >= 15 is 0 Å². The maximum absolute atomic E-state index is 12.1. The van der Waals surface area contributed by atoms with E-state index in [1.807, 2.05) is 0 Å². The van der Waals surface area contributed by atoms with Crippen molar-refractivity contribution in [1.29, 1.82) is 0 Å². The first kappa shape index (κ1) is 16.8. The largest absolute Gasteiger partial charge is 0.481 e. The Kier molecular flexibility index (Phi) is 5.54. The fraction of sp³-hybridized carbons (Fsp3) is 0.188. The fourth-order valence-electron chi connectivity index (χ4n) is 2.16. The summed E-state index contributed by atoms with van der Waals surface area (Å²) < 4.78 is 1.24. The molecular weight excluding hydrogens is 320 g/mol. The molecule has 0 fully saturated rings. The van der Waals surface area contributed by atoms with E-state index in [-0.39, 0.29) is 18.5 Å². The summed E-state index contributed by atoms with van der Waals surface area (Å²) >= 11 is 6.07. The second-order valence-corrected chi connectivity index (χ2v) is 5.31. The molecule has 1 amide bonds. The van der Waals surface area contributed by atoms with Gasteiger partial charge < -0.3 is 15.0 Å². The number of nitrogens with zero attached hydrogens (tertiary/aromatic N) is 1. The van der Waals surface area contributed by atoms with E-state index in [2.05, 4.69) is 5.32 Å². The van der Waals surface area contributed by atoms with Crippen molar-refractivity contribution in [3.05, 3.63) is 69.6 Å². The minimum Gasteiger partial charge on any atom is -0.481 e. The number of benzene rings is 1. The van der Waals surface area contributed by atoms with Crippen LogP contribution in [-0.4, -0.2) is 21.6 Å². The van der Waals surface area contributed by atoms with Crippen molar-refractivity contribution in [2.75, 3.05) is 0 Å². The van der Waals surface area contributed by atoms with Gasteiger partial charge in [0.2, 0.25) is 5.91 Å². The van der Waals surface area contributed by atoms with Gasteiger partial charge in [-0.25, -0.2) is 0 Å². The molecule has 2 N–H and O–H groups in total. The SMILES string of the molecule is O=C(O)CC(NC(=O)Cn1ccccc1=O)c1ccccc1Cl. The minimum atomic E-state index is -1.06. The molecule has 0 saturated heterocycles. The third-order valence-electron chi connectivity index (χ3n) is 3.21. The first-order valence-electron chi connectivity index (χ1n) is 6.88. The number of halogens is 1. The summed E-state index contributed by atoms with van der Waals surface area (Å²) in [5.41, 5.74) is 0.209. The third-order valence-corrected chi connectivity index (χ3v) is 3.55. The Morgan fingerprint density at radius 2 is 1.87 bits per heavy atom. The molecule has 2 rings (SSSR count). The third kappa shape index (κ3) is 4.69. The van der Waals surface area contributed by atoms with Gasteiger partial charge in [-0.05, 0) is 17.7 Å². The van der Waals surface area contributed by atoms with Crippen molar-refractivity contribution in [3.8, 4) is 0 Å². The smallest absolute Gasteiger partial charge is 0.305 e. The predicted molar refractivity (Wildman–Crippen MR) is 85.3 cm³/mol. The first-order valence-corrected chi connectivity index (χ1v) is 7.26. The average Bonchev–Trinajstić information content (AvgIpc) is 2.49. The fourth-order valence-corrected chi connectivity index (χ4v) is 2.42. The highest BCUT2D eigenvalue weighted by Gasteiger charge is 2.20. The highest BCUT2D eigenvalue weighted by atomic mass is 35.5. The van der Waals surface area contributed by atoms with E-state index < -0.39 is 17.9 Å². The van der Waals surface area contributed by atoms with Crippen LogP contribution >= 0.6 is 11.6 Å². The number of hydrogen-bond acceptors (Lipinski definition) is 3.